The number of aromatic nitrogens is 5. The number of likely N-dealkylation sites (tertiary alicyclic amines) is 1. The van der Waals surface area contributed by atoms with Crippen molar-refractivity contribution in [1.29, 1.82) is 0 Å². The second-order valence-corrected chi connectivity index (χ2v) is 7.37. The molecule has 0 saturated carbocycles. The SMILES string of the molecule is CC(C)c1nnc2sc(C3CC(=O)N(Cc4ccncc4)C3)nn12. The number of pyridine rings is 1. The van der Waals surface area contributed by atoms with E-state index in [9.17, 15) is 4.79 Å². The van der Waals surface area contributed by atoms with E-state index in [-0.39, 0.29) is 17.7 Å². The molecule has 124 valence electrons. The Morgan fingerprint density at radius 2 is 2.08 bits per heavy atom. The van der Waals surface area contributed by atoms with Crippen LogP contribution in [0.25, 0.3) is 4.96 Å². The van der Waals surface area contributed by atoms with Crippen molar-refractivity contribution in [2.24, 2.45) is 0 Å². The topological polar surface area (TPSA) is 76.3 Å². The number of hydrogen-bond donors (Lipinski definition) is 0. The first-order valence-electron chi connectivity index (χ1n) is 8.00. The molecule has 0 N–H and O–H groups in total. The van der Waals surface area contributed by atoms with Crippen LogP contribution in [0.15, 0.2) is 24.5 Å². The summed E-state index contributed by atoms with van der Waals surface area (Å²) in [6.07, 6.45) is 4.01. The molecule has 1 saturated heterocycles. The molecule has 1 aliphatic heterocycles. The minimum absolute atomic E-state index is 0.131. The highest BCUT2D eigenvalue weighted by atomic mass is 32.1. The zero-order valence-corrected chi connectivity index (χ0v) is 14.4. The van der Waals surface area contributed by atoms with Crippen molar-refractivity contribution in [1.82, 2.24) is 29.7 Å². The van der Waals surface area contributed by atoms with Crippen LogP contribution in [0.3, 0.4) is 0 Å². The predicted molar refractivity (Wildman–Crippen MR) is 89.8 cm³/mol. The highest BCUT2D eigenvalue weighted by Crippen LogP contribution is 2.32. The lowest BCUT2D eigenvalue weighted by atomic mass is 10.1. The standard InChI is InChI=1S/C16H18N6OS/c1-10(2)14-18-19-16-22(14)20-15(24-16)12-7-13(23)21(9-12)8-11-3-5-17-6-4-11/h3-6,10,12H,7-9H2,1-2H3. The maximum absolute atomic E-state index is 12.3. The molecule has 4 heterocycles. The van der Waals surface area contributed by atoms with Gasteiger partial charge in [0.05, 0.1) is 0 Å². The maximum atomic E-state index is 12.3. The number of nitrogens with zero attached hydrogens (tertiary/aromatic N) is 6. The van der Waals surface area contributed by atoms with Crippen molar-refractivity contribution in [3.63, 3.8) is 0 Å². The average Bonchev–Trinajstić information content (AvgIpc) is 3.22. The molecule has 0 spiro atoms. The predicted octanol–water partition coefficient (Wildman–Crippen LogP) is 2.22. The smallest absolute Gasteiger partial charge is 0.234 e. The van der Waals surface area contributed by atoms with Crippen LogP contribution >= 0.6 is 11.3 Å². The molecule has 0 aromatic carbocycles. The lowest BCUT2D eigenvalue weighted by Crippen LogP contribution is -2.24. The first-order chi connectivity index (χ1) is 11.6. The van der Waals surface area contributed by atoms with E-state index in [1.165, 1.54) is 11.3 Å². The summed E-state index contributed by atoms with van der Waals surface area (Å²) in [4.78, 5) is 19.1. The largest absolute Gasteiger partial charge is 0.338 e. The molecule has 4 rings (SSSR count). The molecule has 1 atom stereocenters. The van der Waals surface area contributed by atoms with Gasteiger partial charge in [-0.2, -0.15) is 9.61 Å². The number of carbonyl (C=O) groups excluding carboxylic acids is 1. The summed E-state index contributed by atoms with van der Waals surface area (Å²) in [6, 6.07) is 3.89. The number of rotatable bonds is 4. The quantitative estimate of drug-likeness (QED) is 0.727. The lowest BCUT2D eigenvalue weighted by Gasteiger charge is -2.15. The second-order valence-electron chi connectivity index (χ2n) is 6.38. The molecule has 7 nitrogen and oxygen atoms in total. The molecule has 24 heavy (non-hydrogen) atoms. The van der Waals surface area contributed by atoms with Crippen LogP contribution in [0.1, 0.15) is 48.5 Å². The molecular weight excluding hydrogens is 324 g/mol. The van der Waals surface area contributed by atoms with E-state index in [1.807, 2.05) is 21.5 Å². The lowest BCUT2D eigenvalue weighted by molar-refractivity contribution is -0.128. The van der Waals surface area contributed by atoms with Crippen LogP contribution in [0.5, 0.6) is 0 Å². The number of amides is 1. The van der Waals surface area contributed by atoms with Crippen molar-refractivity contribution < 1.29 is 4.79 Å². The third kappa shape index (κ3) is 2.66. The van der Waals surface area contributed by atoms with Gasteiger partial charge in [0, 0.05) is 43.7 Å². The van der Waals surface area contributed by atoms with E-state index in [1.54, 1.807) is 12.4 Å². The van der Waals surface area contributed by atoms with Crippen molar-refractivity contribution >= 4 is 22.2 Å². The Morgan fingerprint density at radius 3 is 2.83 bits per heavy atom. The van der Waals surface area contributed by atoms with Gasteiger partial charge in [-0.1, -0.05) is 25.2 Å². The molecule has 0 bridgehead atoms. The third-order valence-corrected chi connectivity index (χ3v) is 5.29. The summed E-state index contributed by atoms with van der Waals surface area (Å²) < 4.78 is 1.82. The number of hydrogen-bond acceptors (Lipinski definition) is 6. The van der Waals surface area contributed by atoms with Gasteiger partial charge < -0.3 is 4.90 Å². The Hall–Kier alpha value is -2.35. The maximum Gasteiger partial charge on any atom is 0.234 e. The minimum atomic E-state index is 0.131. The van der Waals surface area contributed by atoms with Gasteiger partial charge in [0.1, 0.15) is 5.01 Å². The van der Waals surface area contributed by atoms with Crippen LogP contribution in [0.4, 0.5) is 0 Å². The summed E-state index contributed by atoms with van der Waals surface area (Å²) in [5.41, 5.74) is 1.10. The van der Waals surface area contributed by atoms with Crippen LogP contribution in [-0.2, 0) is 11.3 Å². The number of carbonyl (C=O) groups is 1. The molecular formula is C16H18N6OS. The Kier molecular flexibility index (Phi) is 3.76. The molecule has 1 fully saturated rings. The zero-order chi connectivity index (χ0) is 16.7. The van der Waals surface area contributed by atoms with Crippen LogP contribution in [-0.4, -0.2) is 42.1 Å². The minimum Gasteiger partial charge on any atom is -0.338 e. The van der Waals surface area contributed by atoms with Gasteiger partial charge in [0.25, 0.3) is 0 Å². The summed E-state index contributed by atoms with van der Waals surface area (Å²) >= 11 is 1.53. The summed E-state index contributed by atoms with van der Waals surface area (Å²) in [5.74, 6) is 1.44. The molecule has 1 amide bonds. The molecule has 0 radical (unpaired) electrons. The Labute approximate surface area is 143 Å². The third-order valence-electron chi connectivity index (χ3n) is 4.23. The van der Waals surface area contributed by atoms with Crippen LogP contribution < -0.4 is 0 Å². The van der Waals surface area contributed by atoms with E-state index in [0.29, 0.717) is 19.5 Å². The van der Waals surface area contributed by atoms with Crippen molar-refractivity contribution in [2.75, 3.05) is 6.54 Å². The van der Waals surface area contributed by atoms with Gasteiger partial charge in [-0.15, -0.1) is 10.2 Å². The summed E-state index contributed by atoms with van der Waals surface area (Å²) in [7, 11) is 0. The Bertz CT molecular complexity index is 871. The number of fused-ring (bicyclic) bond motifs is 1. The molecule has 0 aliphatic carbocycles. The second kappa shape index (κ2) is 5.94. The van der Waals surface area contributed by atoms with E-state index in [0.717, 1.165) is 21.4 Å². The van der Waals surface area contributed by atoms with Crippen molar-refractivity contribution in [3.05, 3.63) is 40.9 Å². The van der Waals surface area contributed by atoms with Crippen molar-refractivity contribution in [3.8, 4) is 0 Å². The first-order valence-corrected chi connectivity index (χ1v) is 8.82. The normalized spacial score (nSPS) is 18.2. The molecule has 1 aliphatic rings. The van der Waals surface area contributed by atoms with Gasteiger partial charge >= 0.3 is 0 Å². The Morgan fingerprint density at radius 1 is 1.29 bits per heavy atom. The monoisotopic (exact) mass is 342 g/mol. The van der Waals surface area contributed by atoms with Gasteiger partial charge in [-0.3, -0.25) is 9.78 Å². The first kappa shape index (κ1) is 15.2. The van der Waals surface area contributed by atoms with E-state index in [4.69, 9.17) is 0 Å². The summed E-state index contributed by atoms with van der Waals surface area (Å²) in [5, 5.41) is 14.0. The fraction of sp³-hybridized carbons (Fsp3) is 0.438. The fourth-order valence-electron chi connectivity index (χ4n) is 2.97. The average molecular weight is 342 g/mol. The zero-order valence-electron chi connectivity index (χ0n) is 13.6. The highest BCUT2D eigenvalue weighted by Gasteiger charge is 2.33. The molecule has 1 unspecified atom stereocenters. The molecule has 8 heteroatoms. The van der Waals surface area contributed by atoms with Crippen LogP contribution in [0.2, 0.25) is 0 Å². The van der Waals surface area contributed by atoms with Gasteiger partial charge in [-0.25, -0.2) is 0 Å². The molecule has 3 aromatic rings. The Balaban J connectivity index is 1.54. The van der Waals surface area contributed by atoms with Crippen molar-refractivity contribution in [2.45, 2.75) is 38.6 Å². The summed E-state index contributed by atoms with van der Waals surface area (Å²) in [6.45, 7) is 5.47. The van der Waals surface area contributed by atoms with E-state index < -0.39 is 0 Å². The molecule has 3 aromatic heterocycles. The van der Waals surface area contributed by atoms with E-state index in [2.05, 4.69) is 34.1 Å². The van der Waals surface area contributed by atoms with E-state index >= 15 is 0 Å². The van der Waals surface area contributed by atoms with Crippen LogP contribution in [0, 0.1) is 0 Å². The highest BCUT2D eigenvalue weighted by molar-refractivity contribution is 7.16. The van der Waals surface area contributed by atoms with Gasteiger partial charge in [0.15, 0.2) is 5.82 Å². The van der Waals surface area contributed by atoms with Gasteiger partial charge in [0.2, 0.25) is 10.9 Å². The fourth-order valence-corrected chi connectivity index (χ4v) is 3.91. The van der Waals surface area contributed by atoms with Gasteiger partial charge in [-0.05, 0) is 17.7 Å².